The molecular weight excluding hydrogens is 472 g/mol. The summed E-state index contributed by atoms with van der Waals surface area (Å²) >= 11 is 3.49. The van der Waals surface area contributed by atoms with Crippen LogP contribution >= 0.6 is 15.9 Å². The van der Waals surface area contributed by atoms with Gasteiger partial charge in [-0.1, -0.05) is 6.07 Å². The number of hydrogen-bond acceptors (Lipinski definition) is 7. The van der Waals surface area contributed by atoms with Crippen LogP contribution in [-0.4, -0.2) is 43.7 Å². The molecule has 4 aromatic rings. The van der Waals surface area contributed by atoms with E-state index >= 15 is 0 Å². The van der Waals surface area contributed by atoms with Crippen molar-refractivity contribution in [2.75, 3.05) is 12.4 Å². The number of rotatable bonds is 4. The minimum absolute atomic E-state index is 0.0107. The third-order valence-electron chi connectivity index (χ3n) is 5.82. The molecule has 0 spiro atoms. The van der Waals surface area contributed by atoms with Gasteiger partial charge < -0.3 is 10.6 Å². The van der Waals surface area contributed by atoms with Crippen LogP contribution in [0.25, 0.3) is 27.6 Å². The van der Waals surface area contributed by atoms with Crippen LogP contribution in [0.4, 0.5) is 5.95 Å². The minimum atomic E-state index is 0.0107. The summed E-state index contributed by atoms with van der Waals surface area (Å²) in [4.78, 5) is 25.4. The Morgan fingerprint density at radius 2 is 2.19 bits per heavy atom. The molecule has 5 rings (SSSR count). The number of anilines is 1. The van der Waals surface area contributed by atoms with E-state index in [1.165, 1.54) is 0 Å². The fourth-order valence-corrected chi connectivity index (χ4v) is 4.68. The molecule has 0 unspecified atom stereocenters. The second-order valence-electron chi connectivity index (χ2n) is 7.78. The number of hydrogen-bond donors (Lipinski definition) is 2. The molecule has 2 atom stereocenters. The highest BCUT2D eigenvalue weighted by Gasteiger charge is 2.29. The normalized spacial score (nSPS) is 18.0. The molecule has 1 aliphatic rings. The Bertz CT molecular complexity index is 1390. The number of aromatic nitrogens is 5. The second kappa shape index (κ2) is 8.16. The summed E-state index contributed by atoms with van der Waals surface area (Å²) in [6.07, 6.45) is 5.85. The van der Waals surface area contributed by atoms with Crippen LogP contribution in [0.2, 0.25) is 0 Å². The molecule has 0 radical (unpaired) electrons. The summed E-state index contributed by atoms with van der Waals surface area (Å²) in [5.41, 5.74) is 2.44. The van der Waals surface area contributed by atoms with E-state index in [2.05, 4.69) is 47.7 Å². The van der Waals surface area contributed by atoms with Gasteiger partial charge in [-0.05, 0) is 53.4 Å². The number of carbonyl (C=O) groups excluding carboxylic acids is 1. The Hall–Kier alpha value is -3.58. The molecule has 1 fully saturated rings. The molecule has 1 aromatic carbocycles. The van der Waals surface area contributed by atoms with Crippen LogP contribution in [0, 0.1) is 17.2 Å². The molecule has 160 valence electrons. The van der Waals surface area contributed by atoms with Crippen LogP contribution in [0.5, 0.6) is 0 Å². The van der Waals surface area contributed by atoms with Gasteiger partial charge in [-0.25, -0.2) is 9.67 Å². The fourth-order valence-electron chi connectivity index (χ4n) is 4.24. The summed E-state index contributed by atoms with van der Waals surface area (Å²) in [6, 6.07) is 9.79. The topological polar surface area (TPSA) is 121 Å². The number of nitrogens with zero attached hydrogens (tertiary/aromatic N) is 6. The molecule has 9 nitrogen and oxygen atoms in total. The zero-order valence-corrected chi connectivity index (χ0v) is 18.8. The molecule has 0 saturated heterocycles. The van der Waals surface area contributed by atoms with Gasteiger partial charge >= 0.3 is 0 Å². The van der Waals surface area contributed by atoms with Gasteiger partial charge in [-0.3, -0.25) is 9.78 Å². The van der Waals surface area contributed by atoms with Crippen LogP contribution in [0.15, 0.2) is 41.3 Å². The fraction of sp³-hybridized carbons (Fsp3) is 0.273. The number of nitriles is 1. The van der Waals surface area contributed by atoms with E-state index in [0.29, 0.717) is 33.0 Å². The molecule has 1 saturated carbocycles. The summed E-state index contributed by atoms with van der Waals surface area (Å²) in [6.45, 7) is 0. The van der Waals surface area contributed by atoms with Crippen molar-refractivity contribution in [2.24, 2.45) is 5.92 Å². The predicted molar refractivity (Wildman–Crippen MR) is 123 cm³/mol. The largest absolute Gasteiger partial charge is 0.359 e. The lowest BCUT2D eigenvalue weighted by Crippen LogP contribution is -2.27. The standard InChI is InChI=1S/C22H19BrN8O/c1-25-21(32)13-4-5-15(7-13)28-22-27-11-17-19(23)30-31(20(17)29-22)16-8-12-3-2-6-26-18(12)14(9-16)10-24/h2-3,6,8-9,11,13,15H,4-5,7H2,1H3,(H,25,32)(H,27,28,29)/t13-,15-/m1/s1. The molecule has 1 aliphatic carbocycles. The third kappa shape index (κ3) is 3.54. The zero-order valence-electron chi connectivity index (χ0n) is 17.2. The summed E-state index contributed by atoms with van der Waals surface area (Å²) in [5.74, 6) is 0.569. The maximum atomic E-state index is 11.9. The smallest absolute Gasteiger partial charge is 0.224 e. The van der Waals surface area contributed by atoms with Crippen molar-refractivity contribution >= 4 is 49.7 Å². The average molecular weight is 491 g/mol. The first kappa shape index (κ1) is 20.3. The maximum Gasteiger partial charge on any atom is 0.224 e. The van der Waals surface area contributed by atoms with E-state index in [9.17, 15) is 10.1 Å². The number of nitrogens with one attached hydrogen (secondary N) is 2. The zero-order chi connectivity index (χ0) is 22.2. The molecule has 0 bridgehead atoms. The molecule has 0 aliphatic heterocycles. The Balaban J connectivity index is 1.52. The highest BCUT2D eigenvalue weighted by Crippen LogP contribution is 2.30. The van der Waals surface area contributed by atoms with E-state index in [4.69, 9.17) is 4.98 Å². The van der Waals surface area contributed by atoms with E-state index in [1.54, 1.807) is 30.2 Å². The summed E-state index contributed by atoms with van der Waals surface area (Å²) in [7, 11) is 1.67. The van der Waals surface area contributed by atoms with Crippen LogP contribution in [-0.2, 0) is 4.79 Å². The molecule has 32 heavy (non-hydrogen) atoms. The molecule has 10 heteroatoms. The number of benzene rings is 1. The first-order valence-corrected chi connectivity index (χ1v) is 11.1. The minimum Gasteiger partial charge on any atom is -0.359 e. The summed E-state index contributed by atoms with van der Waals surface area (Å²) < 4.78 is 2.31. The SMILES string of the molecule is CNC(=O)[C@@H]1CC[C@@H](Nc2ncc3c(Br)nn(-c4cc(C#N)c5ncccc5c4)c3n2)C1. The van der Waals surface area contributed by atoms with Gasteiger partial charge in [0.2, 0.25) is 11.9 Å². The second-order valence-corrected chi connectivity index (χ2v) is 8.53. The molecule has 1 amide bonds. The van der Waals surface area contributed by atoms with E-state index in [-0.39, 0.29) is 17.9 Å². The first-order valence-electron chi connectivity index (χ1n) is 10.3. The molecule has 3 aromatic heterocycles. The lowest BCUT2D eigenvalue weighted by atomic mass is 10.1. The van der Waals surface area contributed by atoms with Gasteiger partial charge in [0.25, 0.3) is 0 Å². The van der Waals surface area contributed by atoms with Crippen LogP contribution in [0.3, 0.4) is 0 Å². The number of halogens is 1. The van der Waals surface area contributed by atoms with Gasteiger partial charge in [-0.2, -0.15) is 15.3 Å². The van der Waals surface area contributed by atoms with Crippen molar-refractivity contribution in [3.8, 4) is 11.8 Å². The average Bonchev–Trinajstić information content (AvgIpc) is 3.42. The van der Waals surface area contributed by atoms with Gasteiger partial charge in [0.15, 0.2) is 5.65 Å². The lowest BCUT2D eigenvalue weighted by Gasteiger charge is -2.13. The number of amides is 1. The van der Waals surface area contributed by atoms with Gasteiger partial charge in [0.1, 0.15) is 10.7 Å². The van der Waals surface area contributed by atoms with Crippen LogP contribution in [0.1, 0.15) is 24.8 Å². The maximum absolute atomic E-state index is 11.9. The number of fused-ring (bicyclic) bond motifs is 2. The van der Waals surface area contributed by atoms with Gasteiger partial charge in [-0.15, -0.1) is 0 Å². The number of pyridine rings is 1. The lowest BCUT2D eigenvalue weighted by molar-refractivity contribution is -0.124. The van der Waals surface area contributed by atoms with Crippen molar-refractivity contribution in [1.82, 2.24) is 30.0 Å². The Morgan fingerprint density at radius 1 is 1.31 bits per heavy atom. The Labute approximate surface area is 192 Å². The highest BCUT2D eigenvalue weighted by atomic mass is 79.9. The first-order chi connectivity index (χ1) is 15.6. The Morgan fingerprint density at radius 3 is 3.00 bits per heavy atom. The van der Waals surface area contributed by atoms with Crippen molar-refractivity contribution in [2.45, 2.75) is 25.3 Å². The van der Waals surface area contributed by atoms with Gasteiger partial charge in [0.05, 0.1) is 22.2 Å². The molecule has 2 N–H and O–H groups in total. The monoisotopic (exact) mass is 490 g/mol. The highest BCUT2D eigenvalue weighted by molar-refractivity contribution is 9.10. The molecular formula is C22H19BrN8O. The van der Waals surface area contributed by atoms with Crippen molar-refractivity contribution in [3.63, 3.8) is 0 Å². The van der Waals surface area contributed by atoms with Crippen molar-refractivity contribution in [1.29, 1.82) is 5.26 Å². The van der Waals surface area contributed by atoms with Crippen LogP contribution < -0.4 is 10.6 Å². The van der Waals surface area contributed by atoms with Gasteiger partial charge in [0, 0.05) is 36.8 Å². The predicted octanol–water partition coefficient (Wildman–Crippen LogP) is 3.32. The summed E-state index contributed by atoms with van der Waals surface area (Å²) in [5, 5.41) is 21.9. The van der Waals surface area contributed by atoms with E-state index in [1.807, 2.05) is 18.2 Å². The number of carbonyl (C=O) groups is 1. The van der Waals surface area contributed by atoms with E-state index in [0.717, 1.165) is 30.0 Å². The quantitative estimate of drug-likeness (QED) is 0.449. The third-order valence-corrected chi connectivity index (χ3v) is 6.40. The van der Waals surface area contributed by atoms with E-state index < -0.39 is 0 Å². The molecule has 3 heterocycles. The van der Waals surface area contributed by atoms with Crippen molar-refractivity contribution in [3.05, 3.63) is 46.8 Å². The Kier molecular flexibility index (Phi) is 5.19. The van der Waals surface area contributed by atoms with Crippen molar-refractivity contribution < 1.29 is 4.79 Å².